The zero-order chi connectivity index (χ0) is 10.1. The molecular formula is C12H13N3. The normalized spacial score (nSPS) is 20.4. The van der Waals surface area contributed by atoms with Gasteiger partial charge in [-0.15, -0.1) is 0 Å². The van der Waals surface area contributed by atoms with Crippen molar-refractivity contribution in [3.63, 3.8) is 0 Å². The molecule has 3 heteroatoms. The van der Waals surface area contributed by atoms with Gasteiger partial charge in [0, 0.05) is 24.3 Å². The van der Waals surface area contributed by atoms with Gasteiger partial charge in [-0.3, -0.25) is 0 Å². The van der Waals surface area contributed by atoms with E-state index in [-0.39, 0.29) is 0 Å². The first kappa shape index (κ1) is 8.53. The van der Waals surface area contributed by atoms with E-state index in [4.69, 9.17) is 0 Å². The molecule has 0 bridgehead atoms. The van der Waals surface area contributed by atoms with Crippen molar-refractivity contribution < 1.29 is 0 Å². The van der Waals surface area contributed by atoms with Crippen LogP contribution in [0, 0.1) is 0 Å². The van der Waals surface area contributed by atoms with E-state index in [0.29, 0.717) is 6.04 Å². The molecule has 76 valence electrons. The average Bonchev–Trinajstić information content (AvgIpc) is 2.74. The Bertz CT molecular complexity index is 498. The first-order chi connectivity index (χ1) is 7.45. The Morgan fingerprint density at radius 2 is 2.40 bits per heavy atom. The molecule has 1 atom stereocenters. The second-order valence-corrected chi connectivity index (χ2v) is 3.81. The molecule has 0 saturated heterocycles. The number of allylic oxidation sites excluding steroid dienone is 1. The maximum atomic E-state index is 4.43. The summed E-state index contributed by atoms with van der Waals surface area (Å²) in [6.45, 7) is 1.04. The van der Waals surface area contributed by atoms with Crippen molar-refractivity contribution in [1.82, 2.24) is 14.9 Å². The second kappa shape index (κ2) is 3.42. The summed E-state index contributed by atoms with van der Waals surface area (Å²) in [6, 6.07) is 6.64. The van der Waals surface area contributed by atoms with E-state index in [1.165, 1.54) is 5.39 Å². The molecule has 3 rings (SSSR count). The van der Waals surface area contributed by atoms with Crippen molar-refractivity contribution in [3.8, 4) is 0 Å². The lowest BCUT2D eigenvalue weighted by Crippen LogP contribution is -2.19. The smallest absolute Gasteiger partial charge is 0.140 e. The minimum absolute atomic E-state index is 0.443. The summed E-state index contributed by atoms with van der Waals surface area (Å²) in [6.07, 6.45) is 9.32. The molecule has 0 fully saturated rings. The Morgan fingerprint density at radius 3 is 3.27 bits per heavy atom. The summed E-state index contributed by atoms with van der Waals surface area (Å²) in [7, 11) is 0. The molecule has 1 aliphatic heterocycles. The largest absolute Gasteiger partial charge is 0.391 e. The Kier molecular flexibility index (Phi) is 1.95. The monoisotopic (exact) mass is 199 g/mol. The van der Waals surface area contributed by atoms with Crippen LogP contribution in [0.2, 0.25) is 0 Å². The van der Waals surface area contributed by atoms with E-state index < -0.39 is 0 Å². The fraction of sp³-hybridized carbons (Fsp3) is 0.250. The lowest BCUT2D eigenvalue weighted by atomic mass is 10.1. The van der Waals surface area contributed by atoms with Crippen LogP contribution in [-0.4, -0.2) is 16.1 Å². The number of nitrogens with zero attached hydrogens (tertiary/aromatic N) is 2. The number of pyridine rings is 1. The minimum atomic E-state index is 0.443. The molecule has 0 aliphatic carbocycles. The molecule has 1 aliphatic rings. The highest BCUT2D eigenvalue weighted by Gasteiger charge is 2.12. The predicted molar refractivity (Wildman–Crippen MR) is 60.5 cm³/mol. The quantitative estimate of drug-likeness (QED) is 0.762. The zero-order valence-corrected chi connectivity index (χ0v) is 8.43. The molecule has 2 aromatic rings. The van der Waals surface area contributed by atoms with Gasteiger partial charge in [0.25, 0.3) is 0 Å². The molecule has 15 heavy (non-hydrogen) atoms. The lowest BCUT2D eigenvalue weighted by molar-refractivity contribution is 0.534. The highest BCUT2D eigenvalue weighted by molar-refractivity contribution is 5.75. The lowest BCUT2D eigenvalue weighted by Gasteiger charge is -2.19. The predicted octanol–water partition coefficient (Wildman–Crippen LogP) is 2.08. The molecular weight excluding hydrogens is 186 g/mol. The SMILES string of the molecule is C1=CC(n2ccc3cccnc32)CCN1. The maximum Gasteiger partial charge on any atom is 0.140 e. The van der Waals surface area contributed by atoms with Crippen LogP contribution >= 0.6 is 0 Å². The zero-order valence-electron chi connectivity index (χ0n) is 8.43. The molecule has 2 aromatic heterocycles. The Hall–Kier alpha value is -1.77. The van der Waals surface area contributed by atoms with Crippen LogP contribution in [0.5, 0.6) is 0 Å². The van der Waals surface area contributed by atoms with Crippen molar-refractivity contribution in [1.29, 1.82) is 0 Å². The standard InChI is InChI=1S/C12H13N3/c1-2-10-5-9-15(12(10)14-6-1)11-3-7-13-8-4-11/h1-3,5-7,9,11,13H,4,8H2. The van der Waals surface area contributed by atoms with Gasteiger partial charge in [-0.25, -0.2) is 4.98 Å². The van der Waals surface area contributed by atoms with Gasteiger partial charge in [-0.1, -0.05) is 0 Å². The van der Waals surface area contributed by atoms with Crippen molar-refractivity contribution in [2.45, 2.75) is 12.5 Å². The van der Waals surface area contributed by atoms with Crippen LogP contribution in [0.15, 0.2) is 42.9 Å². The number of rotatable bonds is 1. The third-order valence-corrected chi connectivity index (χ3v) is 2.85. The van der Waals surface area contributed by atoms with E-state index >= 15 is 0 Å². The van der Waals surface area contributed by atoms with Crippen LogP contribution in [-0.2, 0) is 0 Å². The van der Waals surface area contributed by atoms with Crippen LogP contribution in [0.4, 0.5) is 0 Å². The average molecular weight is 199 g/mol. The third kappa shape index (κ3) is 1.40. The summed E-state index contributed by atoms with van der Waals surface area (Å²) in [5.74, 6) is 0. The summed E-state index contributed by atoms with van der Waals surface area (Å²) >= 11 is 0. The fourth-order valence-electron chi connectivity index (χ4n) is 2.08. The van der Waals surface area contributed by atoms with Crippen molar-refractivity contribution >= 4 is 11.0 Å². The molecule has 3 heterocycles. The van der Waals surface area contributed by atoms with E-state index in [1.54, 1.807) is 0 Å². The number of nitrogens with one attached hydrogen (secondary N) is 1. The fourth-order valence-corrected chi connectivity index (χ4v) is 2.08. The minimum Gasteiger partial charge on any atom is -0.391 e. The van der Waals surface area contributed by atoms with Crippen LogP contribution in [0.1, 0.15) is 12.5 Å². The van der Waals surface area contributed by atoms with Crippen LogP contribution in [0.25, 0.3) is 11.0 Å². The molecule has 0 radical (unpaired) electrons. The molecule has 0 spiro atoms. The highest BCUT2D eigenvalue weighted by atomic mass is 15.1. The number of aromatic nitrogens is 2. The summed E-state index contributed by atoms with van der Waals surface area (Å²) in [4.78, 5) is 4.43. The highest BCUT2D eigenvalue weighted by Crippen LogP contribution is 2.22. The van der Waals surface area contributed by atoms with Gasteiger partial charge in [-0.05, 0) is 36.9 Å². The molecule has 0 amide bonds. The molecule has 1 unspecified atom stereocenters. The Labute approximate surface area is 88.4 Å². The van der Waals surface area contributed by atoms with Crippen molar-refractivity contribution in [2.75, 3.05) is 6.54 Å². The van der Waals surface area contributed by atoms with E-state index in [1.807, 2.05) is 18.5 Å². The third-order valence-electron chi connectivity index (χ3n) is 2.85. The molecule has 1 N–H and O–H groups in total. The number of hydrogen-bond acceptors (Lipinski definition) is 2. The summed E-state index contributed by atoms with van der Waals surface area (Å²) < 4.78 is 2.24. The van der Waals surface area contributed by atoms with Crippen molar-refractivity contribution in [2.24, 2.45) is 0 Å². The van der Waals surface area contributed by atoms with E-state index in [2.05, 4.69) is 39.3 Å². The molecule has 0 saturated carbocycles. The van der Waals surface area contributed by atoms with Gasteiger partial charge in [0.15, 0.2) is 0 Å². The number of hydrogen-bond donors (Lipinski definition) is 1. The summed E-state index contributed by atoms with van der Waals surface area (Å²) in [5.41, 5.74) is 1.08. The van der Waals surface area contributed by atoms with Gasteiger partial charge in [0.2, 0.25) is 0 Å². The number of fused-ring (bicyclic) bond motifs is 1. The van der Waals surface area contributed by atoms with E-state index in [9.17, 15) is 0 Å². The Morgan fingerprint density at radius 1 is 1.40 bits per heavy atom. The van der Waals surface area contributed by atoms with Gasteiger partial charge in [0.1, 0.15) is 5.65 Å². The van der Waals surface area contributed by atoms with Gasteiger partial charge < -0.3 is 9.88 Å². The Balaban J connectivity index is 2.10. The van der Waals surface area contributed by atoms with Gasteiger partial charge in [0.05, 0.1) is 6.04 Å². The first-order valence-electron chi connectivity index (χ1n) is 5.27. The van der Waals surface area contributed by atoms with Gasteiger partial charge in [-0.2, -0.15) is 0 Å². The molecule has 3 nitrogen and oxygen atoms in total. The topological polar surface area (TPSA) is 29.9 Å². The van der Waals surface area contributed by atoms with Crippen LogP contribution < -0.4 is 5.32 Å². The van der Waals surface area contributed by atoms with Crippen LogP contribution in [0.3, 0.4) is 0 Å². The maximum absolute atomic E-state index is 4.43. The first-order valence-corrected chi connectivity index (χ1v) is 5.27. The van der Waals surface area contributed by atoms with Gasteiger partial charge >= 0.3 is 0 Å². The molecule has 0 aromatic carbocycles. The second-order valence-electron chi connectivity index (χ2n) is 3.81. The van der Waals surface area contributed by atoms with Crippen molar-refractivity contribution in [3.05, 3.63) is 42.9 Å². The van der Waals surface area contributed by atoms with E-state index in [0.717, 1.165) is 18.6 Å². The summed E-state index contributed by atoms with van der Waals surface area (Å²) in [5, 5.41) is 4.42.